The van der Waals surface area contributed by atoms with Crippen molar-refractivity contribution in [2.24, 2.45) is 7.05 Å². The summed E-state index contributed by atoms with van der Waals surface area (Å²) in [7, 11) is -1.80. The third-order valence-electron chi connectivity index (χ3n) is 3.38. The van der Waals surface area contributed by atoms with Gasteiger partial charge < -0.3 is 4.74 Å². The molecule has 2 aromatic heterocycles. The van der Waals surface area contributed by atoms with Crippen LogP contribution in [0.3, 0.4) is 0 Å². The van der Waals surface area contributed by atoms with Crippen molar-refractivity contribution in [2.75, 3.05) is 13.2 Å². The van der Waals surface area contributed by atoms with Crippen LogP contribution in [0.25, 0.3) is 11.0 Å². The summed E-state index contributed by atoms with van der Waals surface area (Å²) in [6, 6.07) is 1.58. The molecule has 8 heteroatoms. The van der Waals surface area contributed by atoms with Crippen LogP contribution >= 0.6 is 0 Å². The predicted molar refractivity (Wildman–Crippen MR) is 72.7 cm³/mol. The minimum absolute atomic E-state index is 0.0279. The minimum Gasteiger partial charge on any atom is -0.377 e. The van der Waals surface area contributed by atoms with Crippen molar-refractivity contribution < 1.29 is 13.2 Å². The van der Waals surface area contributed by atoms with Gasteiger partial charge in [0.1, 0.15) is 4.90 Å². The maximum absolute atomic E-state index is 12.2. The van der Waals surface area contributed by atoms with Gasteiger partial charge in [-0.25, -0.2) is 18.1 Å². The second-order valence-corrected chi connectivity index (χ2v) is 6.61. The van der Waals surface area contributed by atoms with Gasteiger partial charge in [-0.15, -0.1) is 0 Å². The van der Waals surface area contributed by atoms with Crippen LogP contribution in [0.5, 0.6) is 0 Å². The molecule has 0 spiro atoms. The number of pyridine rings is 1. The topological polar surface area (TPSA) is 86.1 Å². The van der Waals surface area contributed by atoms with E-state index < -0.39 is 10.0 Å². The molecule has 3 heterocycles. The lowest BCUT2D eigenvalue weighted by atomic mass is 10.2. The molecule has 0 unspecified atom stereocenters. The number of fused-ring (bicyclic) bond motifs is 1. The molecule has 0 aromatic carbocycles. The monoisotopic (exact) mass is 296 g/mol. The smallest absolute Gasteiger partial charge is 0.242 e. The van der Waals surface area contributed by atoms with Crippen molar-refractivity contribution in [3.8, 4) is 0 Å². The molecule has 0 bridgehead atoms. The molecule has 1 aliphatic rings. The van der Waals surface area contributed by atoms with Crippen molar-refractivity contribution in [3.63, 3.8) is 0 Å². The molecule has 0 amide bonds. The molecule has 2 aromatic rings. The second kappa shape index (κ2) is 5.12. The molecule has 0 saturated carbocycles. The zero-order chi connectivity index (χ0) is 14.2. The van der Waals surface area contributed by atoms with Crippen LogP contribution in [0.1, 0.15) is 12.8 Å². The van der Waals surface area contributed by atoms with Gasteiger partial charge in [0, 0.05) is 31.8 Å². The van der Waals surface area contributed by atoms with Crippen molar-refractivity contribution >= 4 is 21.1 Å². The Morgan fingerprint density at radius 2 is 2.35 bits per heavy atom. The molecule has 0 radical (unpaired) electrons. The molecule has 20 heavy (non-hydrogen) atoms. The van der Waals surface area contributed by atoms with Crippen LogP contribution < -0.4 is 4.72 Å². The van der Waals surface area contributed by atoms with E-state index in [0.29, 0.717) is 24.2 Å². The van der Waals surface area contributed by atoms with Crippen LogP contribution in [0.2, 0.25) is 0 Å². The lowest BCUT2D eigenvalue weighted by Gasteiger charge is -2.11. The first kappa shape index (κ1) is 13.5. The SMILES string of the molecule is Cn1ncc2cc(S(=O)(=O)NC[C@@H]3CCCO3)cnc21. The van der Waals surface area contributed by atoms with E-state index in [4.69, 9.17) is 4.74 Å². The summed E-state index contributed by atoms with van der Waals surface area (Å²) in [4.78, 5) is 4.29. The van der Waals surface area contributed by atoms with Gasteiger partial charge in [0.05, 0.1) is 12.3 Å². The Balaban J connectivity index is 1.80. The highest BCUT2D eigenvalue weighted by atomic mass is 32.2. The van der Waals surface area contributed by atoms with Gasteiger partial charge >= 0.3 is 0 Å². The largest absolute Gasteiger partial charge is 0.377 e. The number of aryl methyl sites for hydroxylation is 1. The summed E-state index contributed by atoms with van der Waals surface area (Å²) >= 11 is 0. The van der Waals surface area contributed by atoms with Crippen LogP contribution in [0.15, 0.2) is 23.4 Å². The zero-order valence-corrected chi connectivity index (χ0v) is 11.9. The van der Waals surface area contributed by atoms with Gasteiger partial charge in [-0.1, -0.05) is 0 Å². The highest BCUT2D eigenvalue weighted by molar-refractivity contribution is 7.89. The van der Waals surface area contributed by atoms with Crippen LogP contribution in [0, 0.1) is 0 Å². The van der Waals surface area contributed by atoms with Crippen molar-refractivity contribution in [2.45, 2.75) is 23.8 Å². The van der Waals surface area contributed by atoms with E-state index in [1.807, 2.05) is 0 Å². The van der Waals surface area contributed by atoms with Crippen molar-refractivity contribution in [1.82, 2.24) is 19.5 Å². The van der Waals surface area contributed by atoms with E-state index >= 15 is 0 Å². The average Bonchev–Trinajstić information content (AvgIpc) is 3.07. The lowest BCUT2D eigenvalue weighted by molar-refractivity contribution is 0.114. The standard InChI is InChI=1S/C12H16N4O3S/c1-16-12-9(6-14-16)5-11(8-13-12)20(17,18)15-7-10-3-2-4-19-10/h5-6,8,10,15H,2-4,7H2,1H3/t10-/m0/s1. The highest BCUT2D eigenvalue weighted by Crippen LogP contribution is 2.16. The van der Waals surface area contributed by atoms with E-state index in [1.165, 1.54) is 6.20 Å². The molecule has 3 rings (SSSR count). The average molecular weight is 296 g/mol. The van der Waals surface area contributed by atoms with E-state index in [9.17, 15) is 8.42 Å². The first-order valence-corrected chi connectivity index (χ1v) is 7.93. The minimum atomic E-state index is -3.56. The van der Waals surface area contributed by atoms with Crippen LogP contribution in [0.4, 0.5) is 0 Å². The molecule has 1 saturated heterocycles. The summed E-state index contributed by atoms with van der Waals surface area (Å²) in [6.45, 7) is 1.00. The summed E-state index contributed by atoms with van der Waals surface area (Å²) in [5, 5.41) is 4.75. The summed E-state index contributed by atoms with van der Waals surface area (Å²) in [5.41, 5.74) is 0.656. The predicted octanol–water partition coefficient (Wildman–Crippen LogP) is 0.426. The number of aromatic nitrogens is 3. The normalized spacial score (nSPS) is 19.8. The van der Waals surface area contributed by atoms with Gasteiger partial charge in [-0.3, -0.25) is 4.68 Å². The number of ether oxygens (including phenoxy) is 1. The Kier molecular flexibility index (Phi) is 3.45. The molecule has 1 atom stereocenters. The van der Waals surface area contributed by atoms with Crippen LogP contribution in [-0.2, 0) is 21.8 Å². The van der Waals surface area contributed by atoms with E-state index in [0.717, 1.165) is 12.8 Å². The first-order valence-electron chi connectivity index (χ1n) is 6.45. The van der Waals surface area contributed by atoms with Gasteiger partial charge in [0.25, 0.3) is 0 Å². The molecule has 1 aliphatic heterocycles. The number of hydrogen-bond donors (Lipinski definition) is 1. The Labute approximate surface area is 117 Å². The third-order valence-corrected chi connectivity index (χ3v) is 4.77. The van der Waals surface area contributed by atoms with Gasteiger partial charge in [0.2, 0.25) is 10.0 Å². The molecule has 0 aliphatic carbocycles. The summed E-state index contributed by atoms with van der Waals surface area (Å²) in [6.07, 6.45) is 4.79. The fourth-order valence-electron chi connectivity index (χ4n) is 2.26. The molecule has 108 valence electrons. The Morgan fingerprint density at radius 3 is 3.10 bits per heavy atom. The van der Waals surface area contributed by atoms with Gasteiger partial charge in [0.15, 0.2) is 5.65 Å². The summed E-state index contributed by atoms with van der Waals surface area (Å²) in [5.74, 6) is 0. The van der Waals surface area contributed by atoms with Crippen molar-refractivity contribution in [1.29, 1.82) is 0 Å². The number of hydrogen-bond acceptors (Lipinski definition) is 5. The maximum atomic E-state index is 12.2. The zero-order valence-electron chi connectivity index (χ0n) is 11.1. The fourth-order valence-corrected chi connectivity index (χ4v) is 3.31. The van der Waals surface area contributed by atoms with E-state index in [1.54, 1.807) is 24.0 Å². The molecular weight excluding hydrogens is 280 g/mol. The Hall–Kier alpha value is -1.51. The van der Waals surface area contributed by atoms with E-state index in [2.05, 4.69) is 14.8 Å². The molecular formula is C12H16N4O3S. The Morgan fingerprint density at radius 1 is 1.50 bits per heavy atom. The number of nitrogens with zero attached hydrogens (tertiary/aromatic N) is 3. The third kappa shape index (κ3) is 2.54. The van der Waals surface area contributed by atoms with Crippen molar-refractivity contribution in [3.05, 3.63) is 18.5 Å². The maximum Gasteiger partial charge on any atom is 0.242 e. The molecule has 7 nitrogen and oxygen atoms in total. The molecule has 1 fully saturated rings. The fraction of sp³-hybridized carbons (Fsp3) is 0.500. The first-order chi connectivity index (χ1) is 9.56. The van der Waals surface area contributed by atoms with E-state index in [-0.39, 0.29) is 11.0 Å². The Bertz CT molecular complexity index is 719. The quantitative estimate of drug-likeness (QED) is 0.884. The number of nitrogens with one attached hydrogen (secondary N) is 1. The molecule has 1 N–H and O–H groups in total. The van der Waals surface area contributed by atoms with Crippen LogP contribution in [-0.4, -0.2) is 42.4 Å². The number of rotatable bonds is 4. The van der Waals surface area contributed by atoms with Gasteiger partial charge in [-0.2, -0.15) is 5.10 Å². The number of sulfonamides is 1. The highest BCUT2D eigenvalue weighted by Gasteiger charge is 2.21. The lowest BCUT2D eigenvalue weighted by Crippen LogP contribution is -2.31. The summed E-state index contributed by atoms with van der Waals surface area (Å²) < 4.78 is 34.0. The second-order valence-electron chi connectivity index (χ2n) is 4.84. The van der Waals surface area contributed by atoms with Gasteiger partial charge in [-0.05, 0) is 18.9 Å².